The molecule has 5 heteroatoms. The zero-order chi connectivity index (χ0) is 14.9. The molecule has 4 rings (SSSR count). The Kier molecular flexibility index (Phi) is 5.46. The van der Waals surface area contributed by atoms with Gasteiger partial charge in [0.25, 0.3) is 0 Å². The van der Waals surface area contributed by atoms with Crippen molar-refractivity contribution in [3.05, 3.63) is 35.9 Å². The number of guanidine groups is 1. The number of rotatable bonds is 4. The Morgan fingerprint density at radius 2 is 1.91 bits per heavy atom. The molecule has 5 unspecified atom stereocenters. The third-order valence-corrected chi connectivity index (χ3v) is 5.08. The van der Waals surface area contributed by atoms with E-state index in [4.69, 9.17) is 4.74 Å². The number of benzene rings is 1. The van der Waals surface area contributed by atoms with E-state index in [0.29, 0.717) is 30.2 Å². The van der Waals surface area contributed by atoms with Crippen LogP contribution in [0.25, 0.3) is 0 Å². The topological polar surface area (TPSA) is 45.7 Å². The lowest BCUT2D eigenvalue weighted by molar-refractivity contribution is 0.0992. The van der Waals surface area contributed by atoms with Crippen LogP contribution < -0.4 is 10.6 Å². The van der Waals surface area contributed by atoms with Gasteiger partial charge in [-0.2, -0.15) is 0 Å². The van der Waals surface area contributed by atoms with Crippen LogP contribution in [-0.2, 0) is 4.74 Å². The van der Waals surface area contributed by atoms with E-state index in [0.717, 1.165) is 18.9 Å². The number of nitrogens with zero attached hydrogens (tertiary/aromatic N) is 1. The van der Waals surface area contributed by atoms with Crippen molar-refractivity contribution in [2.45, 2.75) is 62.8 Å². The zero-order valence-corrected chi connectivity index (χ0v) is 15.9. The molecule has 0 spiro atoms. The predicted octanol–water partition coefficient (Wildman–Crippen LogP) is 3.04. The maximum absolute atomic E-state index is 5.93. The van der Waals surface area contributed by atoms with Crippen molar-refractivity contribution in [1.29, 1.82) is 0 Å². The molecular formula is C18H26IN3O. The molecule has 0 radical (unpaired) electrons. The number of ether oxygens (including phenoxy) is 1. The molecule has 2 bridgehead atoms. The van der Waals surface area contributed by atoms with Crippen molar-refractivity contribution in [2.75, 3.05) is 6.54 Å². The summed E-state index contributed by atoms with van der Waals surface area (Å²) >= 11 is 0. The lowest BCUT2D eigenvalue weighted by Gasteiger charge is -2.23. The summed E-state index contributed by atoms with van der Waals surface area (Å²) in [4.78, 5) is 4.62. The van der Waals surface area contributed by atoms with Crippen molar-refractivity contribution < 1.29 is 4.74 Å². The number of fused-ring (bicyclic) bond motifs is 2. The normalized spacial score (nSPS) is 34.8. The van der Waals surface area contributed by atoms with Gasteiger partial charge >= 0.3 is 0 Å². The lowest BCUT2D eigenvalue weighted by Crippen LogP contribution is -2.48. The molecule has 1 saturated carbocycles. The molecule has 1 aromatic carbocycles. The largest absolute Gasteiger partial charge is 0.373 e. The van der Waals surface area contributed by atoms with Gasteiger partial charge < -0.3 is 15.4 Å². The standard InChI is InChI=1S/C18H25N3O.HI/c1-2-19-18(21-16-10-13-8-9-17(16)22-13)20-15-11-14(15)12-6-4-3-5-7-12;/h3-7,13-17H,2,8-11H2,1H3,(H2,19,20,21);1H. The molecule has 2 saturated heterocycles. The molecule has 2 N–H and O–H groups in total. The second kappa shape index (κ2) is 7.38. The Morgan fingerprint density at radius 3 is 2.57 bits per heavy atom. The van der Waals surface area contributed by atoms with E-state index in [1.807, 2.05) is 0 Å². The van der Waals surface area contributed by atoms with Crippen molar-refractivity contribution in [3.8, 4) is 0 Å². The fraction of sp³-hybridized carbons (Fsp3) is 0.611. The van der Waals surface area contributed by atoms with Crippen LogP contribution in [-0.4, -0.2) is 36.8 Å². The van der Waals surface area contributed by atoms with Crippen molar-refractivity contribution in [1.82, 2.24) is 10.6 Å². The van der Waals surface area contributed by atoms with E-state index in [1.54, 1.807) is 0 Å². The Hall–Kier alpha value is -0.820. The maximum atomic E-state index is 5.93. The molecule has 126 valence electrons. The highest BCUT2D eigenvalue weighted by Gasteiger charge is 2.42. The summed E-state index contributed by atoms with van der Waals surface area (Å²) in [6, 6.07) is 11.7. The van der Waals surface area contributed by atoms with E-state index in [9.17, 15) is 0 Å². The molecule has 2 heterocycles. The molecule has 0 amide bonds. The van der Waals surface area contributed by atoms with Crippen LogP contribution in [0.2, 0.25) is 0 Å². The minimum atomic E-state index is 0. The molecule has 23 heavy (non-hydrogen) atoms. The van der Waals surface area contributed by atoms with Gasteiger partial charge in [-0.1, -0.05) is 30.3 Å². The molecule has 1 aliphatic carbocycles. The minimum Gasteiger partial charge on any atom is -0.373 e. The lowest BCUT2D eigenvalue weighted by atomic mass is 9.96. The van der Waals surface area contributed by atoms with Crippen molar-refractivity contribution >= 4 is 29.9 Å². The fourth-order valence-electron chi connectivity index (χ4n) is 3.86. The summed E-state index contributed by atoms with van der Waals surface area (Å²) in [6.07, 6.45) is 5.61. The number of nitrogens with one attached hydrogen (secondary N) is 2. The number of aliphatic imine (C=N–C) groups is 1. The van der Waals surface area contributed by atoms with Crippen LogP contribution in [0, 0.1) is 0 Å². The Labute approximate surface area is 155 Å². The first-order chi connectivity index (χ1) is 10.8. The van der Waals surface area contributed by atoms with Crippen LogP contribution in [0.1, 0.15) is 44.1 Å². The minimum absolute atomic E-state index is 0. The smallest absolute Gasteiger partial charge is 0.191 e. The molecule has 3 aliphatic rings. The van der Waals surface area contributed by atoms with Crippen molar-refractivity contribution in [2.24, 2.45) is 4.99 Å². The van der Waals surface area contributed by atoms with Crippen LogP contribution in [0.5, 0.6) is 0 Å². The van der Waals surface area contributed by atoms with Crippen LogP contribution in [0.4, 0.5) is 0 Å². The van der Waals surface area contributed by atoms with Crippen LogP contribution in [0.3, 0.4) is 0 Å². The zero-order valence-electron chi connectivity index (χ0n) is 13.6. The number of hydrogen-bond donors (Lipinski definition) is 2. The van der Waals surface area contributed by atoms with E-state index < -0.39 is 0 Å². The molecule has 0 aromatic heterocycles. The van der Waals surface area contributed by atoms with E-state index in [2.05, 4.69) is 52.9 Å². The third kappa shape index (κ3) is 3.82. The first kappa shape index (κ1) is 17.0. The van der Waals surface area contributed by atoms with Gasteiger partial charge in [0.1, 0.15) is 0 Å². The summed E-state index contributed by atoms with van der Waals surface area (Å²) in [6.45, 7) is 2.89. The molecular weight excluding hydrogens is 401 g/mol. The van der Waals surface area contributed by atoms with E-state index in [-0.39, 0.29) is 24.0 Å². The van der Waals surface area contributed by atoms with Gasteiger partial charge in [0.2, 0.25) is 0 Å². The average molecular weight is 427 g/mol. The van der Waals surface area contributed by atoms with Crippen LogP contribution in [0.15, 0.2) is 35.3 Å². The Bertz CT molecular complexity index is 550. The van der Waals surface area contributed by atoms with Crippen molar-refractivity contribution in [3.63, 3.8) is 0 Å². The molecule has 1 aromatic rings. The highest BCUT2D eigenvalue weighted by molar-refractivity contribution is 14.0. The van der Waals surface area contributed by atoms with E-state index >= 15 is 0 Å². The average Bonchev–Trinajstić information content (AvgIpc) is 2.99. The SMILES string of the molecule is CCN=C(NC1CC2CCC1O2)NC1CC1c1ccccc1.I. The second-order valence-corrected chi connectivity index (χ2v) is 6.69. The third-order valence-electron chi connectivity index (χ3n) is 5.08. The number of halogens is 1. The molecule has 3 fully saturated rings. The molecule has 2 aliphatic heterocycles. The maximum Gasteiger partial charge on any atom is 0.191 e. The Balaban J connectivity index is 0.00000156. The van der Waals surface area contributed by atoms with Gasteiger partial charge in [-0.15, -0.1) is 24.0 Å². The first-order valence-electron chi connectivity index (χ1n) is 8.61. The van der Waals surface area contributed by atoms with Gasteiger partial charge in [0.05, 0.1) is 18.2 Å². The summed E-state index contributed by atoms with van der Waals surface area (Å²) in [5.74, 6) is 1.59. The Morgan fingerprint density at radius 1 is 1.13 bits per heavy atom. The quantitative estimate of drug-likeness (QED) is 0.441. The van der Waals surface area contributed by atoms with E-state index in [1.165, 1.54) is 24.8 Å². The second-order valence-electron chi connectivity index (χ2n) is 6.69. The first-order valence-corrected chi connectivity index (χ1v) is 8.61. The van der Waals surface area contributed by atoms with Gasteiger partial charge in [0, 0.05) is 18.5 Å². The highest BCUT2D eigenvalue weighted by Crippen LogP contribution is 2.40. The molecule has 4 nitrogen and oxygen atoms in total. The summed E-state index contributed by atoms with van der Waals surface area (Å²) < 4.78 is 5.93. The van der Waals surface area contributed by atoms with Gasteiger partial charge in [-0.05, 0) is 38.2 Å². The summed E-state index contributed by atoms with van der Waals surface area (Å²) in [5.41, 5.74) is 1.43. The van der Waals surface area contributed by atoms with Crippen LogP contribution >= 0.6 is 24.0 Å². The van der Waals surface area contributed by atoms with Gasteiger partial charge in [0.15, 0.2) is 5.96 Å². The monoisotopic (exact) mass is 427 g/mol. The van der Waals surface area contributed by atoms with Gasteiger partial charge in [-0.25, -0.2) is 0 Å². The fourth-order valence-corrected chi connectivity index (χ4v) is 3.86. The number of hydrogen-bond acceptors (Lipinski definition) is 2. The molecule has 5 atom stereocenters. The highest BCUT2D eigenvalue weighted by atomic mass is 127. The summed E-state index contributed by atoms with van der Waals surface area (Å²) in [7, 11) is 0. The summed E-state index contributed by atoms with van der Waals surface area (Å²) in [5, 5.41) is 7.22. The predicted molar refractivity (Wildman–Crippen MR) is 104 cm³/mol. The van der Waals surface area contributed by atoms with Gasteiger partial charge in [-0.3, -0.25) is 4.99 Å².